The molecule has 0 saturated carbocycles. The van der Waals surface area contributed by atoms with E-state index in [9.17, 15) is 13.2 Å². The molecule has 7 nitrogen and oxygen atoms in total. The molecule has 3 aromatic carbocycles. The average molecular weight is 522 g/mol. The minimum absolute atomic E-state index is 0.0154. The van der Waals surface area contributed by atoms with E-state index >= 15 is 0 Å². The van der Waals surface area contributed by atoms with Crippen LogP contribution in [-0.4, -0.2) is 26.1 Å². The highest BCUT2D eigenvalue weighted by atomic mass is 35.5. The molecule has 1 atom stereocenters. The van der Waals surface area contributed by atoms with Crippen molar-refractivity contribution in [3.63, 3.8) is 0 Å². The Balaban J connectivity index is 1.55. The third kappa shape index (κ3) is 5.64. The van der Waals surface area contributed by atoms with Crippen LogP contribution in [0.2, 0.25) is 10.0 Å². The second-order valence-electron chi connectivity index (χ2n) is 7.72. The lowest BCUT2D eigenvalue weighted by atomic mass is 9.87. The van der Waals surface area contributed by atoms with Crippen LogP contribution >= 0.6 is 23.2 Å². The Hall–Kier alpha value is -2.78. The van der Waals surface area contributed by atoms with Gasteiger partial charge in [-0.25, -0.2) is 17.9 Å². The second kappa shape index (κ2) is 10.2. The molecule has 1 aliphatic rings. The summed E-state index contributed by atoms with van der Waals surface area (Å²) in [7, 11) is -3.96. The van der Waals surface area contributed by atoms with Crippen LogP contribution < -0.4 is 14.2 Å². The number of aliphatic carboxylic acids is 1. The van der Waals surface area contributed by atoms with E-state index in [2.05, 4.69) is 4.72 Å². The standard InChI is InChI=1S/C24H21Cl2NO6S/c25-15-4-1-5-16(12-15)33-17-10-11-23(20(26)13-17)34(30,31)27-21-8-2-7-19-18(21)6-3-9-22(19)32-14-24(28)29/h1,3-6,9-13,21,27H,2,7-8,14H2,(H,28,29). The van der Waals surface area contributed by atoms with Gasteiger partial charge < -0.3 is 14.6 Å². The fraction of sp³-hybridized carbons (Fsp3) is 0.208. The Morgan fingerprint density at radius 2 is 1.82 bits per heavy atom. The first kappa shape index (κ1) is 24.3. The van der Waals surface area contributed by atoms with Crippen molar-refractivity contribution in [2.45, 2.75) is 30.2 Å². The van der Waals surface area contributed by atoms with Gasteiger partial charge in [0.2, 0.25) is 10.0 Å². The molecule has 1 aliphatic carbocycles. The summed E-state index contributed by atoms with van der Waals surface area (Å²) in [5.41, 5.74) is 1.56. The highest BCUT2D eigenvalue weighted by Gasteiger charge is 2.29. The van der Waals surface area contributed by atoms with Crippen LogP contribution in [0.3, 0.4) is 0 Å². The summed E-state index contributed by atoms with van der Waals surface area (Å²) in [5, 5.41) is 9.43. The Morgan fingerprint density at radius 1 is 1.06 bits per heavy atom. The van der Waals surface area contributed by atoms with Gasteiger partial charge in [-0.05, 0) is 66.8 Å². The summed E-state index contributed by atoms with van der Waals surface area (Å²) in [5.74, 6) is 0.235. The van der Waals surface area contributed by atoms with E-state index < -0.39 is 28.6 Å². The monoisotopic (exact) mass is 521 g/mol. The zero-order valence-electron chi connectivity index (χ0n) is 17.8. The van der Waals surface area contributed by atoms with E-state index in [1.165, 1.54) is 18.2 Å². The van der Waals surface area contributed by atoms with Crippen molar-refractivity contribution in [3.05, 3.63) is 81.8 Å². The summed E-state index contributed by atoms with van der Waals surface area (Å²) in [6.45, 7) is -0.466. The SMILES string of the molecule is O=C(O)COc1cccc2c1CCCC2NS(=O)(=O)c1ccc(Oc2cccc(Cl)c2)cc1Cl. The van der Waals surface area contributed by atoms with E-state index in [0.29, 0.717) is 41.5 Å². The van der Waals surface area contributed by atoms with Crippen LogP contribution in [0, 0.1) is 0 Å². The number of benzene rings is 3. The van der Waals surface area contributed by atoms with Crippen molar-refractivity contribution in [2.24, 2.45) is 0 Å². The van der Waals surface area contributed by atoms with Gasteiger partial charge in [0.25, 0.3) is 0 Å². The predicted octanol–water partition coefficient (Wildman–Crippen LogP) is 5.61. The molecule has 0 saturated heterocycles. The zero-order chi connectivity index (χ0) is 24.3. The maximum atomic E-state index is 13.2. The lowest BCUT2D eigenvalue weighted by Crippen LogP contribution is -2.31. The van der Waals surface area contributed by atoms with Gasteiger partial charge >= 0.3 is 5.97 Å². The molecule has 178 valence electrons. The molecule has 0 fully saturated rings. The van der Waals surface area contributed by atoms with Gasteiger partial charge in [-0.1, -0.05) is 41.4 Å². The molecule has 0 bridgehead atoms. The Morgan fingerprint density at radius 3 is 2.56 bits per heavy atom. The number of halogens is 2. The molecule has 0 aromatic heterocycles. The van der Waals surface area contributed by atoms with E-state index in [-0.39, 0.29) is 9.92 Å². The summed E-state index contributed by atoms with van der Waals surface area (Å²) in [4.78, 5) is 10.8. The maximum Gasteiger partial charge on any atom is 0.341 e. The van der Waals surface area contributed by atoms with Crippen molar-refractivity contribution >= 4 is 39.2 Å². The first-order valence-corrected chi connectivity index (χ1v) is 12.7. The molecule has 0 heterocycles. The average Bonchev–Trinajstić information content (AvgIpc) is 2.77. The van der Waals surface area contributed by atoms with Gasteiger partial charge in [0.1, 0.15) is 22.1 Å². The quantitative estimate of drug-likeness (QED) is 0.399. The molecule has 0 aliphatic heterocycles. The molecule has 0 spiro atoms. The number of hydrogen-bond acceptors (Lipinski definition) is 5. The minimum atomic E-state index is -3.96. The summed E-state index contributed by atoms with van der Waals surface area (Å²) >= 11 is 12.3. The van der Waals surface area contributed by atoms with E-state index in [4.69, 9.17) is 37.8 Å². The fourth-order valence-corrected chi connectivity index (χ4v) is 5.86. The number of ether oxygens (including phenoxy) is 2. The van der Waals surface area contributed by atoms with Crippen molar-refractivity contribution < 1.29 is 27.8 Å². The highest BCUT2D eigenvalue weighted by Crippen LogP contribution is 2.37. The third-order valence-corrected chi connectivity index (χ3v) is 7.53. The number of carboxylic acid groups (broad SMARTS) is 1. The van der Waals surface area contributed by atoms with Crippen LogP contribution in [0.1, 0.15) is 30.0 Å². The Labute approximate surface area is 207 Å². The van der Waals surface area contributed by atoms with Gasteiger partial charge in [0, 0.05) is 17.1 Å². The van der Waals surface area contributed by atoms with Crippen molar-refractivity contribution in [3.8, 4) is 17.2 Å². The topological polar surface area (TPSA) is 102 Å². The summed E-state index contributed by atoms with van der Waals surface area (Å²) in [6.07, 6.45) is 1.97. The van der Waals surface area contributed by atoms with Gasteiger partial charge in [-0.3, -0.25) is 0 Å². The predicted molar refractivity (Wildman–Crippen MR) is 129 cm³/mol. The molecule has 3 aromatic rings. The van der Waals surface area contributed by atoms with E-state index in [1.807, 2.05) is 6.07 Å². The summed E-state index contributed by atoms with van der Waals surface area (Å²) < 4.78 is 40.2. The number of carboxylic acids is 1. The van der Waals surface area contributed by atoms with Crippen LogP contribution in [0.4, 0.5) is 0 Å². The maximum absolute atomic E-state index is 13.2. The number of nitrogens with one attached hydrogen (secondary N) is 1. The molecular formula is C24H21Cl2NO6S. The lowest BCUT2D eigenvalue weighted by Gasteiger charge is -2.27. The van der Waals surface area contributed by atoms with Crippen LogP contribution in [0.15, 0.2) is 65.6 Å². The Kier molecular flexibility index (Phi) is 7.33. The number of hydrogen-bond donors (Lipinski definition) is 2. The summed E-state index contributed by atoms with van der Waals surface area (Å²) in [6, 6.07) is 15.9. The number of rotatable bonds is 8. The van der Waals surface area contributed by atoms with Crippen LogP contribution in [0.25, 0.3) is 0 Å². The molecule has 0 amide bonds. The first-order chi connectivity index (χ1) is 16.2. The smallest absolute Gasteiger partial charge is 0.341 e. The molecule has 34 heavy (non-hydrogen) atoms. The molecule has 4 rings (SSSR count). The largest absolute Gasteiger partial charge is 0.482 e. The van der Waals surface area contributed by atoms with Gasteiger partial charge in [-0.15, -0.1) is 0 Å². The molecule has 1 unspecified atom stereocenters. The lowest BCUT2D eigenvalue weighted by molar-refractivity contribution is -0.139. The normalized spacial score (nSPS) is 15.4. The third-order valence-electron chi connectivity index (χ3n) is 5.34. The first-order valence-electron chi connectivity index (χ1n) is 10.4. The van der Waals surface area contributed by atoms with E-state index in [0.717, 1.165) is 11.1 Å². The van der Waals surface area contributed by atoms with Crippen LogP contribution in [0.5, 0.6) is 17.2 Å². The fourth-order valence-electron chi connectivity index (χ4n) is 3.89. The van der Waals surface area contributed by atoms with Crippen LogP contribution in [-0.2, 0) is 21.2 Å². The number of fused-ring (bicyclic) bond motifs is 1. The molecular weight excluding hydrogens is 501 g/mol. The minimum Gasteiger partial charge on any atom is -0.482 e. The van der Waals surface area contributed by atoms with E-state index in [1.54, 1.807) is 36.4 Å². The van der Waals surface area contributed by atoms with Gasteiger partial charge in [0.15, 0.2) is 6.61 Å². The molecule has 2 N–H and O–H groups in total. The van der Waals surface area contributed by atoms with Crippen molar-refractivity contribution in [1.29, 1.82) is 0 Å². The highest BCUT2D eigenvalue weighted by molar-refractivity contribution is 7.89. The zero-order valence-corrected chi connectivity index (χ0v) is 20.2. The van der Waals surface area contributed by atoms with Gasteiger partial charge in [-0.2, -0.15) is 0 Å². The number of sulfonamides is 1. The molecule has 0 radical (unpaired) electrons. The van der Waals surface area contributed by atoms with Crippen molar-refractivity contribution in [1.82, 2.24) is 4.72 Å². The molecule has 10 heteroatoms. The second-order valence-corrected chi connectivity index (χ2v) is 10.3. The van der Waals surface area contributed by atoms with Crippen molar-refractivity contribution in [2.75, 3.05) is 6.61 Å². The van der Waals surface area contributed by atoms with Gasteiger partial charge in [0.05, 0.1) is 5.02 Å². The number of carbonyl (C=O) groups is 1. The Bertz CT molecular complexity index is 1330.